The molecule has 0 bridgehead atoms. The summed E-state index contributed by atoms with van der Waals surface area (Å²) in [4.78, 5) is 12.7. The van der Waals surface area contributed by atoms with Crippen LogP contribution in [0.15, 0.2) is 60.3 Å². The Balaban J connectivity index is 1.66. The first-order valence-corrected chi connectivity index (χ1v) is 11.7. The van der Waals surface area contributed by atoms with Crippen molar-refractivity contribution in [2.24, 2.45) is 0 Å². The Labute approximate surface area is 202 Å². The molecule has 9 heteroatoms. The Kier molecular flexibility index (Phi) is 8.61. The van der Waals surface area contributed by atoms with Crippen molar-refractivity contribution in [2.75, 3.05) is 5.32 Å². The van der Waals surface area contributed by atoms with E-state index in [1.54, 1.807) is 31.2 Å². The van der Waals surface area contributed by atoms with E-state index in [0.29, 0.717) is 33.3 Å². The van der Waals surface area contributed by atoms with Gasteiger partial charge in [-0.1, -0.05) is 60.1 Å². The SMILES string of the molecule is C=CCn1c(COc2ccc(CC)cc2)nnc1SC(C)C(=O)Nc1ccc(Cl)cc1Cl. The minimum atomic E-state index is -0.440. The highest BCUT2D eigenvalue weighted by molar-refractivity contribution is 8.00. The highest BCUT2D eigenvalue weighted by Gasteiger charge is 2.21. The van der Waals surface area contributed by atoms with Crippen molar-refractivity contribution < 1.29 is 9.53 Å². The summed E-state index contributed by atoms with van der Waals surface area (Å²) in [6.07, 6.45) is 2.73. The topological polar surface area (TPSA) is 69.0 Å². The van der Waals surface area contributed by atoms with Gasteiger partial charge < -0.3 is 10.1 Å². The van der Waals surface area contributed by atoms with Crippen LogP contribution >= 0.6 is 35.0 Å². The van der Waals surface area contributed by atoms with E-state index in [2.05, 4.69) is 29.0 Å². The van der Waals surface area contributed by atoms with Crippen LogP contribution in [0.1, 0.15) is 25.2 Å². The first-order chi connectivity index (χ1) is 15.4. The average Bonchev–Trinajstić information content (AvgIpc) is 3.16. The van der Waals surface area contributed by atoms with Crippen molar-refractivity contribution in [1.82, 2.24) is 14.8 Å². The molecule has 1 heterocycles. The van der Waals surface area contributed by atoms with Crippen molar-refractivity contribution >= 4 is 46.6 Å². The Hall–Kier alpha value is -2.48. The highest BCUT2D eigenvalue weighted by atomic mass is 35.5. The van der Waals surface area contributed by atoms with Crippen LogP contribution in [0.25, 0.3) is 0 Å². The predicted octanol–water partition coefficient (Wildman–Crippen LogP) is 6.03. The van der Waals surface area contributed by atoms with Gasteiger partial charge in [0.15, 0.2) is 11.0 Å². The van der Waals surface area contributed by atoms with Gasteiger partial charge in [0.2, 0.25) is 5.91 Å². The van der Waals surface area contributed by atoms with E-state index < -0.39 is 5.25 Å². The van der Waals surface area contributed by atoms with Gasteiger partial charge in [-0.3, -0.25) is 9.36 Å². The molecule has 3 aromatic rings. The molecular weight excluding hydrogens is 467 g/mol. The summed E-state index contributed by atoms with van der Waals surface area (Å²) in [5, 5.41) is 12.4. The van der Waals surface area contributed by atoms with Gasteiger partial charge in [0.25, 0.3) is 0 Å². The van der Waals surface area contributed by atoms with E-state index in [4.69, 9.17) is 27.9 Å². The third kappa shape index (κ3) is 6.28. The molecule has 6 nitrogen and oxygen atoms in total. The minimum Gasteiger partial charge on any atom is -0.486 e. The lowest BCUT2D eigenvalue weighted by atomic mass is 10.2. The zero-order valence-electron chi connectivity index (χ0n) is 17.8. The number of carbonyl (C=O) groups is 1. The third-order valence-corrected chi connectivity index (χ3v) is 6.27. The third-order valence-electron chi connectivity index (χ3n) is 4.65. The van der Waals surface area contributed by atoms with E-state index in [9.17, 15) is 4.79 Å². The average molecular weight is 491 g/mol. The van der Waals surface area contributed by atoms with Crippen LogP contribution in [0.2, 0.25) is 10.0 Å². The molecule has 0 aliphatic rings. The second-order valence-electron chi connectivity index (χ2n) is 6.96. The van der Waals surface area contributed by atoms with Crippen molar-refractivity contribution in [3.8, 4) is 5.75 Å². The smallest absolute Gasteiger partial charge is 0.237 e. The van der Waals surface area contributed by atoms with Crippen LogP contribution in [0.5, 0.6) is 5.75 Å². The molecule has 1 unspecified atom stereocenters. The monoisotopic (exact) mass is 490 g/mol. The van der Waals surface area contributed by atoms with Gasteiger partial charge in [-0.25, -0.2) is 0 Å². The first kappa shape index (κ1) is 24.2. The number of anilines is 1. The number of allylic oxidation sites excluding steroid dienone is 1. The number of ether oxygens (including phenoxy) is 1. The lowest BCUT2D eigenvalue weighted by Gasteiger charge is -2.14. The first-order valence-electron chi connectivity index (χ1n) is 10.1. The number of nitrogens with one attached hydrogen (secondary N) is 1. The Morgan fingerprint density at radius 2 is 2.00 bits per heavy atom. The molecule has 3 rings (SSSR count). The lowest BCUT2D eigenvalue weighted by Crippen LogP contribution is -2.23. The van der Waals surface area contributed by atoms with E-state index in [1.165, 1.54) is 17.3 Å². The number of amides is 1. The van der Waals surface area contributed by atoms with Crippen molar-refractivity contribution in [1.29, 1.82) is 0 Å². The highest BCUT2D eigenvalue weighted by Crippen LogP contribution is 2.28. The maximum absolute atomic E-state index is 12.7. The van der Waals surface area contributed by atoms with Crippen LogP contribution < -0.4 is 10.1 Å². The van der Waals surface area contributed by atoms with E-state index in [1.807, 2.05) is 28.8 Å². The quantitative estimate of drug-likeness (QED) is 0.277. The van der Waals surface area contributed by atoms with Crippen LogP contribution in [0.4, 0.5) is 5.69 Å². The zero-order chi connectivity index (χ0) is 23.1. The Morgan fingerprint density at radius 3 is 2.66 bits per heavy atom. The predicted molar refractivity (Wildman–Crippen MR) is 131 cm³/mol. The molecule has 1 amide bonds. The van der Waals surface area contributed by atoms with Crippen LogP contribution in [0, 0.1) is 0 Å². The van der Waals surface area contributed by atoms with E-state index in [-0.39, 0.29) is 12.5 Å². The number of thioether (sulfide) groups is 1. The fourth-order valence-electron chi connectivity index (χ4n) is 2.83. The molecular formula is C23H24Cl2N4O2S. The molecule has 0 aliphatic heterocycles. The van der Waals surface area contributed by atoms with E-state index in [0.717, 1.165) is 12.2 Å². The molecule has 0 radical (unpaired) electrons. The number of carbonyl (C=O) groups excluding carboxylic acids is 1. The number of hydrogen-bond acceptors (Lipinski definition) is 5. The molecule has 1 N–H and O–H groups in total. The minimum absolute atomic E-state index is 0.207. The zero-order valence-corrected chi connectivity index (χ0v) is 20.2. The Bertz CT molecular complexity index is 1090. The molecule has 168 valence electrons. The number of nitrogens with zero attached hydrogens (tertiary/aromatic N) is 3. The molecule has 0 fully saturated rings. The van der Waals surface area contributed by atoms with Gasteiger partial charge in [0.05, 0.1) is 16.0 Å². The van der Waals surface area contributed by atoms with Gasteiger partial charge in [-0.15, -0.1) is 16.8 Å². The molecule has 0 aliphatic carbocycles. The van der Waals surface area contributed by atoms with Crippen molar-refractivity contribution in [2.45, 2.75) is 43.8 Å². The number of aryl methyl sites for hydroxylation is 1. The van der Waals surface area contributed by atoms with Gasteiger partial charge in [-0.2, -0.15) is 0 Å². The molecule has 1 aromatic heterocycles. The normalized spacial score (nSPS) is 11.8. The van der Waals surface area contributed by atoms with Gasteiger partial charge in [0, 0.05) is 11.6 Å². The summed E-state index contributed by atoms with van der Waals surface area (Å²) in [6.45, 7) is 8.47. The van der Waals surface area contributed by atoms with Crippen molar-refractivity contribution in [3.63, 3.8) is 0 Å². The van der Waals surface area contributed by atoms with Gasteiger partial charge >= 0.3 is 0 Å². The number of aromatic nitrogens is 3. The fraction of sp³-hybridized carbons (Fsp3) is 0.261. The molecule has 2 aromatic carbocycles. The van der Waals surface area contributed by atoms with E-state index >= 15 is 0 Å². The summed E-state index contributed by atoms with van der Waals surface area (Å²) in [5.74, 6) is 1.21. The van der Waals surface area contributed by atoms with Gasteiger partial charge in [-0.05, 0) is 49.2 Å². The lowest BCUT2D eigenvalue weighted by molar-refractivity contribution is -0.115. The molecule has 0 saturated heterocycles. The van der Waals surface area contributed by atoms with Crippen molar-refractivity contribution in [3.05, 3.63) is 76.6 Å². The summed E-state index contributed by atoms with van der Waals surface area (Å²) in [7, 11) is 0. The summed E-state index contributed by atoms with van der Waals surface area (Å²) in [5.41, 5.74) is 1.75. The summed E-state index contributed by atoms with van der Waals surface area (Å²) < 4.78 is 7.76. The Morgan fingerprint density at radius 1 is 1.25 bits per heavy atom. The maximum atomic E-state index is 12.7. The number of hydrogen-bond donors (Lipinski definition) is 1. The van der Waals surface area contributed by atoms with Gasteiger partial charge in [0.1, 0.15) is 12.4 Å². The molecule has 1 atom stereocenters. The summed E-state index contributed by atoms with van der Waals surface area (Å²) in [6, 6.07) is 12.9. The summed E-state index contributed by atoms with van der Waals surface area (Å²) >= 11 is 13.4. The molecule has 0 saturated carbocycles. The maximum Gasteiger partial charge on any atom is 0.237 e. The molecule has 32 heavy (non-hydrogen) atoms. The largest absolute Gasteiger partial charge is 0.486 e. The second-order valence-corrected chi connectivity index (χ2v) is 9.11. The second kappa shape index (κ2) is 11.4. The molecule has 0 spiro atoms. The number of benzene rings is 2. The van der Waals surface area contributed by atoms with Crippen LogP contribution in [-0.2, 0) is 24.4 Å². The number of halogens is 2. The van der Waals surface area contributed by atoms with Crippen LogP contribution in [-0.4, -0.2) is 25.9 Å². The number of rotatable bonds is 10. The standard InChI is InChI=1S/C23H24Cl2N4O2S/c1-4-12-29-21(14-31-18-9-6-16(5-2)7-10-18)27-28-23(29)32-15(3)22(30)26-20-11-8-17(24)13-19(20)25/h4,6-11,13,15H,1,5,12,14H2,2-3H3,(H,26,30). The fourth-order valence-corrected chi connectivity index (χ4v) is 4.16. The van der Waals surface area contributed by atoms with Crippen LogP contribution in [0.3, 0.4) is 0 Å².